The molecule has 8 heteroatoms. The summed E-state index contributed by atoms with van der Waals surface area (Å²) in [4.78, 5) is 7.11. The van der Waals surface area contributed by atoms with E-state index >= 15 is 0 Å². The van der Waals surface area contributed by atoms with Gasteiger partial charge < -0.3 is 9.64 Å². The van der Waals surface area contributed by atoms with E-state index < -0.39 is 5.41 Å². The summed E-state index contributed by atoms with van der Waals surface area (Å²) in [6.45, 7) is 8.04. The van der Waals surface area contributed by atoms with Crippen molar-refractivity contribution in [3.05, 3.63) is 30.1 Å². The number of aromatic nitrogens is 5. The van der Waals surface area contributed by atoms with Crippen LogP contribution in [-0.2, 0) is 10.2 Å². The number of ether oxygens (including phenoxy) is 1. The Balaban J connectivity index is 1.96. The summed E-state index contributed by atoms with van der Waals surface area (Å²) in [6.07, 6.45) is 3.51. The summed E-state index contributed by atoms with van der Waals surface area (Å²) in [7, 11) is 0. The van der Waals surface area contributed by atoms with E-state index in [1.807, 2.05) is 26.0 Å². The first-order chi connectivity index (χ1) is 12.5. The molecule has 0 saturated carbocycles. The molecule has 1 N–H and O–H groups in total. The zero-order chi connectivity index (χ0) is 18.3. The predicted octanol–water partition coefficient (Wildman–Crippen LogP) is 2.17. The van der Waals surface area contributed by atoms with Gasteiger partial charge in [-0.05, 0) is 32.4 Å². The van der Waals surface area contributed by atoms with Crippen LogP contribution < -0.4 is 4.90 Å². The lowest BCUT2D eigenvalue weighted by atomic mass is 9.85. The first kappa shape index (κ1) is 16.5. The van der Waals surface area contributed by atoms with Crippen molar-refractivity contribution in [2.75, 3.05) is 24.7 Å². The van der Waals surface area contributed by atoms with Crippen LogP contribution in [0.25, 0.3) is 16.9 Å². The maximum Gasteiger partial charge on any atom is 0.177 e. The van der Waals surface area contributed by atoms with Gasteiger partial charge in [-0.2, -0.15) is 20.1 Å². The topological polar surface area (TPSA) is 95.7 Å². The molecule has 1 saturated heterocycles. The Hall–Kier alpha value is -2.92. The Kier molecular flexibility index (Phi) is 3.89. The van der Waals surface area contributed by atoms with E-state index in [0.29, 0.717) is 24.7 Å². The fraction of sp³-hybridized carbons (Fsp3) is 0.444. The fourth-order valence-corrected chi connectivity index (χ4v) is 3.32. The molecule has 8 nitrogen and oxygen atoms in total. The highest BCUT2D eigenvalue weighted by Crippen LogP contribution is 2.33. The Morgan fingerprint density at radius 2 is 2.23 bits per heavy atom. The number of hydrogen-bond donors (Lipinski definition) is 1. The second kappa shape index (κ2) is 6.11. The van der Waals surface area contributed by atoms with Crippen LogP contribution in [0, 0.1) is 11.3 Å². The molecule has 1 atom stereocenters. The van der Waals surface area contributed by atoms with Crippen molar-refractivity contribution in [2.24, 2.45) is 0 Å². The maximum atomic E-state index is 9.70. The number of fused-ring (bicyclic) bond motifs is 1. The molecular weight excluding hydrogens is 330 g/mol. The molecule has 26 heavy (non-hydrogen) atoms. The molecule has 3 aromatic rings. The van der Waals surface area contributed by atoms with Crippen LogP contribution in [0.1, 0.15) is 26.3 Å². The molecule has 134 valence electrons. The summed E-state index contributed by atoms with van der Waals surface area (Å²) in [5, 5.41) is 22.1. The Labute approximate surface area is 151 Å². The average Bonchev–Trinajstić information content (AvgIpc) is 3.30. The summed E-state index contributed by atoms with van der Waals surface area (Å²) in [5.41, 5.74) is 0.956. The SMILES string of the molecule is C[C@@H]1COCCN1c1cc(C(C)(C)C#N)c2cnn(-c3cc[nH]n3)c2n1. The van der Waals surface area contributed by atoms with Gasteiger partial charge in [0, 0.05) is 24.2 Å². The summed E-state index contributed by atoms with van der Waals surface area (Å²) in [5.74, 6) is 1.50. The van der Waals surface area contributed by atoms with Gasteiger partial charge in [0.1, 0.15) is 5.82 Å². The van der Waals surface area contributed by atoms with Crippen LogP contribution in [0.2, 0.25) is 0 Å². The normalized spacial score (nSPS) is 18.2. The first-order valence-corrected chi connectivity index (χ1v) is 8.66. The van der Waals surface area contributed by atoms with Gasteiger partial charge >= 0.3 is 0 Å². The van der Waals surface area contributed by atoms with Crippen molar-refractivity contribution in [2.45, 2.75) is 32.2 Å². The number of nitrogens with one attached hydrogen (secondary N) is 1. The summed E-state index contributed by atoms with van der Waals surface area (Å²) >= 11 is 0. The lowest BCUT2D eigenvalue weighted by Gasteiger charge is -2.35. The second-order valence-electron chi connectivity index (χ2n) is 7.11. The molecule has 3 aromatic heterocycles. The zero-order valence-electron chi connectivity index (χ0n) is 15.1. The van der Waals surface area contributed by atoms with E-state index in [2.05, 4.69) is 33.2 Å². The smallest absolute Gasteiger partial charge is 0.177 e. The number of nitrogens with zero attached hydrogens (tertiary/aromatic N) is 6. The van der Waals surface area contributed by atoms with E-state index in [9.17, 15) is 5.26 Å². The quantitative estimate of drug-likeness (QED) is 0.777. The van der Waals surface area contributed by atoms with Gasteiger partial charge in [0.15, 0.2) is 11.5 Å². The third-order valence-corrected chi connectivity index (χ3v) is 4.85. The number of hydrogen-bond acceptors (Lipinski definition) is 6. The van der Waals surface area contributed by atoms with E-state index in [4.69, 9.17) is 9.72 Å². The molecule has 4 heterocycles. The van der Waals surface area contributed by atoms with E-state index in [0.717, 1.165) is 23.3 Å². The van der Waals surface area contributed by atoms with Crippen LogP contribution in [0.5, 0.6) is 0 Å². The van der Waals surface area contributed by atoms with Crippen molar-refractivity contribution in [1.29, 1.82) is 5.26 Å². The average molecular weight is 351 g/mol. The molecule has 0 spiro atoms. The molecule has 0 bridgehead atoms. The molecular formula is C18H21N7O. The van der Waals surface area contributed by atoms with Crippen LogP contribution in [0.15, 0.2) is 24.5 Å². The number of morpholine rings is 1. The Morgan fingerprint density at radius 1 is 1.38 bits per heavy atom. The summed E-state index contributed by atoms with van der Waals surface area (Å²) in [6, 6.07) is 6.48. The first-order valence-electron chi connectivity index (χ1n) is 8.66. The number of nitriles is 1. The van der Waals surface area contributed by atoms with Gasteiger partial charge in [0.05, 0.1) is 36.9 Å². The number of H-pyrrole nitrogens is 1. The maximum absolute atomic E-state index is 9.70. The van der Waals surface area contributed by atoms with Crippen LogP contribution in [0.3, 0.4) is 0 Å². The zero-order valence-corrected chi connectivity index (χ0v) is 15.1. The Morgan fingerprint density at radius 3 is 2.92 bits per heavy atom. The molecule has 1 aliphatic rings. The van der Waals surface area contributed by atoms with Gasteiger partial charge in [0.2, 0.25) is 0 Å². The highest BCUT2D eigenvalue weighted by atomic mass is 16.5. The highest BCUT2D eigenvalue weighted by Gasteiger charge is 2.28. The molecule has 4 rings (SSSR count). The standard InChI is InChI=1S/C18H21N7O/c1-12-10-26-7-6-24(12)16-8-14(18(2,3)11-19)13-9-21-25(17(13)22-16)15-4-5-20-23-15/h4-5,8-9,12H,6-7,10H2,1-3H3,(H,20,23)/t12-/m1/s1. The summed E-state index contributed by atoms with van der Waals surface area (Å²) < 4.78 is 7.26. The predicted molar refractivity (Wildman–Crippen MR) is 97.3 cm³/mol. The van der Waals surface area contributed by atoms with Crippen LogP contribution in [-0.4, -0.2) is 50.8 Å². The molecule has 0 aliphatic carbocycles. The van der Waals surface area contributed by atoms with Gasteiger partial charge in [-0.3, -0.25) is 5.10 Å². The van der Waals surface area contributed by atoms with Crippen LogP contribution >= 0.6 is 0 Å². The van der Waals surface area contributed by atoms with Crippen molar-refractivity contribution >= 4 is 16.9 Å². The van der Waals surface area contributed by atoms with Crippen molar-refractivity contribution in [1.82, 2.24) is 25.0 Å². The molecule has 1 fully saturated rings. The van der Waals surface area contributed by atoms with Crippen LogP contribution in [0.4, 0.5) is 5.82 Å². The van der Waals surface area contributed by atoms with Gasteiger partial charge in [-0.1, -0.05) is 0 Å². The van der Waals surface area contributed by atoms with Crippen molar-refractivity contribution in [3.63, 3.8) is 0 Å². The van der Waals surface area contributed by atoms with E-state index in [1.54, 1.807) is 17.1 Å². The van der Waals surface area contributed by atoms with E-state index in [-0.39, 0.29) is 6.04 Å². The largest absolute Gasteiger partial charge is 0.377 e. The second-order valence-corrected chi connectivity index (χ2v) is 7.11. The fourth-order valence-electron chi connectivity index (χ4n) is 3.32. The van der Waals surface area contributed by atoms with E-state index in [1.165, 1.54) is 0 Å². The molecule has 0 amide bonds. The molecule has 0 radical (unpaired) electrons. The lowest BCUT2D eigenvalue weighted by Crippen LogP contribution is -2.44. The number of aromatic amines is 1. The third-order valence-electron chi connectivity index (χ3n) is 4.85. The number of anilines is 1. The molecule has 1 aliphatic heterocycles. The Bertz CT molecular complexity index is 967. The van der Waals surface area contributed by atoms with Gasteiger partial charge in [0.25, 0.3) is 0 Å². The highest BCUT2D eigenvalue weighted by molar-refractivity contribution is 5.84. The van der Waals surface area contributed by atoms with Gasteiger partial charge in [-0.15, -0.1) is 0 Å². The lowest BCUT2D eigenvalue weighted by molar-refractivity contribution is 0.0985. The molecule has 0 aromatic carbocycles. The monoisotopic (exact) mass is 351 g/mol. The minimum atomic E-state index is -0.662. The minimum Gasteiger partial charge on any atom is -0.377 e. The van der Waals surface area contributed by atoms with Crippen molar-refractivity contribution in [3.8, 4) is 11.9 Å². The number of rotatable bonds is 3. The number of pyridine rings is 1. The van der Waals surface area contributed by atoms with Crippen molar-refractivity contribution < 1.29 is 4.74 Å². The third kappa shape index (κ3) is 2.61. The molecule has 0 unspecified atom stereocenters. The minimum absolute atomic E-state index is 0.216. The van der Waals surface area contributed by atoms with Gasteiger partial charge in [-0.25, -0.2) is 4.98 Å².